The molecular weight excluding hydrogens is 278 g/mol. The molecule has 0 aliphatic carbocycles. The molecule has 1 aromatic carbocycles. The number of anilines is 1. The van der Waals surface area contributed by atoms with Gasteiger partial charge in [-0.3, -0.25) is 0 Å². The van der Waals surface area contributed by atoms with E-state index in [1.807, 2.05) is 18.2 Å². The van der Waals surface area contributed by atoms with Crippen molar-refractivity contribution in [2.24, 2.45) is 11.8 Å². The molecule has 1 atom stereocenters. The van der Waals surface area contributed by atoms with Crippen LogP contribution < -0.4 is 9.64 Å². The molecule has 1 aromatic rings. The number of rotatable bonds is 6. The predicted octanol–water partition coefficient (Wildman–Crippen LogP) is 3.80. The van der Waals surface area contributed by atoms with Crippen LogP contribution in [0.25, 0.3) is 0 Å². The van der Waals surface area contributed by atoms with Gasteiger partial charge in [-0.05, 0) is 24.0 Å². The van der Waals surface area contributed by atoms with E-state index in [2.05, 4.69) is 47.8 Å². The van der Waals surface area contributed by atoms with Gasteiger partial charge in [0.05, 0.1) is 12.8 Å². The first-order valence-electron chi connectivity index (χ1n) is 6.00. The molecule has 3 heteroatoms. The van der Waals surface area contributed by atoms with Gasteiger partial charge in [-0.15, -0.1) is 0 Å². The van der Waals surface area contributed by atoms with E-state index in [0.29, 0.717) is 11.8 Å². The molecule has 0 spiro atoms. The van der Waals surface area contributed by atoms with Gasteiger partial charge in [-0.25, -0.2) is 0 Å². The van der Waals surface area contributed by atoms with Crippen LogP contribution in [-0.2, 0) is 0 Å². The van der Waals surface area contributed by atoms with Crippen LogP contribution in [0.4, 0.5) is 5.69 Å². The maximum Gasteiger partial charge on any atom is 0.142 e. The van der Waals surface area contributed by atoms with E-state index in [9.17, 15) is 0 Å². The fourth-order valence-corrected chi connectivity index (χ4v) is 2.79. The topological polar surface area (TPSA) is 12.5 Å². The molecule has 17 heavy (non-hydrogen) atoms. The summed E-state index contributed by atoms with van der Waals surface area (Å²) in [7, 11) is 3.84. The highest BCUT2D eigenvalue weighted by Crippen LogP contribution is 2.28. The van der Waals surface area contributed by atoms with Crippen molar-refractivity contribution in [3.05, 3.63) is 24.3 Å². The Labute approximate surface area is 113 Å². The first-order chi connectivity index (χ1) is 8.10. The average Bonchev–Trinajstić information content (AvgIpc) is 2.35. The minimum Gasteiger partial charge on any atom is -0.495 e. The number of methoxy groups -OCH3 is 1. The summed E-state index contributed by atoms with van der Waals surface area (Å²) in [6.07, 6.45) is 0. The summed E-state index contributed by atoms with van der Waals surface area (Å²) in [5.41, 5.74) is 1.15. The van der Waals surface area contributed by atoms with E-state index in [0.717, 1.165) is 23.3 Å². The van der Waals surface area contributed by atoms with Crippen molar-refractivity contribution in [2.75, 3.05) is 30.9 Å². The maximum absolute atomic E-state index is 5.39. The highest BCUT2D eigenvalue weighted by Gasteiger charge is 2.16. The zero-order chi connectivity index (χ0) is 12.8. The van der Waals surface area contributed by atoms with Crippen LogP contribution in [0.5, 0.6) is 5.75 Å². The summed E-state index contributed by atoms with van der Waals surface area (Å²) in [6.45, 7) is 5.56. The van der Waals surface area contributed by atoms with E-state index < -0.39 is 0 Å². The Bertz CT molecular complexity index is 341. The first-order valence-corrected chi connectivity index (χ1v) is 7.12. The summed E-state index contributed by atoms with van der Waals surface area (Å²) >= 11 is 3.60. The van der Waals surface area contributed by atoms with Gasteiger partial charge >= 0.3 is 0 Å². The lowest BCUT2D eigenvalue weighted by Gasteiger charge is -2.28. The number of alkyl halides is 1. The van der Waals surface area contributed by atoms with Crippen LogP contribution in [0.15, 0.2) is 24.3 Å². The molecule has 96 valence electrons. The second kappa shape index (κ2) is 6.90. The third kappa shape index (κ3) is 3.91. The minimum absolute atomic E-state index is 0.643. The van der Waals surface area contributed by atoms with Crippen LogP contribution in [-0.4, -0.2) is 26.0 Å². The molecule has 0 heterocycles. The van der Waals surface area contributed by atoms with Gasteiger partial charge in [0.2, 0.25) is 0 Å². The van der Waals surface area contributed by atoms with E-state index in [-0.39, 0.29) is 0 Å². The number of benzene rings is 1. The van der Waals surface area contributed by atoms with Crippen molar-refractivity contribution < 1.29 is 4.74 Å². The number of nitrogens with zero attached hydrogens (tertiary/aromatic N) is 1. The monoisotopic (exact) mass is 299 g/mol. The molecule has 0 saturated heterocycles. The summed E-state index contributed by atoms with van der Waals surface area (Å²) in [5.74, 6) is 2.25. The molecule has 0 aliphatic heterocycles. The molecule has 0 fully saturated rings. The van der Waals surface area contributed by atoms with Gasteiger partial charge in [0.25, 0.3) is 0 Å². The Morgan fingerprint density at radius 3 is 2.47 bits per heavy atom. The molecule has 0 aromatic heterocycles. The second-order valence-electron chi connectivity index (χ2n) is 4.71. The lowest BCUT2D eigenvalue weighted by molar-refractivity contribution is 0.408. The fourth-order valence-electron chi connectivity index (χ4n) is 1.83. The Balaban J connectivity index is 2.78. The smallest absolute Gasteiger partial charge is 0.142 e. The minimum atomic E-state index is 0.643. The molecule has 2 nitrogen and oxygen atoms in total. The predicted molar refractivity (Wildman–Crippen MR) is 78.4 cm³/mol. The quantitative estimate of drug-likeness (QED) is 0.741. The van der Waals surface area contributed by atoms with E-state index in [4.69, 9.17) is 4.74 Å². The van der Waals surface area contributed by atoms with Gasteiger partial charge in [-0.2, -0.15) is 0 Å². The zero-order valence-corrected chi connectivity index (χ0v) is 12.7. The highest BCUT2D eigenvalue weighted by atomic mass is 79.9. The van der Waals surface area contributed by atoms with Crippen LogP contribution in [0, 0.1) is 11.8 Å². The molecule has 1 unspecified atom stereocenters. The summed E-state index contributed by atoms with van der Waals surface area (Å²) in [6, 6.07) is 8.16. The lowest BCUT2D eigenvalue weighted by Crippen LogP contribution is -2.29. The number of hydrogen-bond donors (Lipinski definition) is 0. The maximum atomic E-state index is 5.39. The molecule has 0 radical (unpaired) electrons. The standard InChI is InChI=1S/C14H22BrNO/c1-11(2)12(9-15)10-16(3)13-7-5-6-8-14(13)17-4/h5-8,11-12H,9-10H2,1-4H3. The fraction of sp³-hybridized carbons (Fsp3) is 0.571. The average molecular weight is 300 g/mol. The zero-order valence-electron chi connectivity index (χ0n) is 11.1. The van der Waals surface area contributed by atoms with Crippen molar-refractivity contribution in [1.29, 1.82) is 0 Å². The highest BCUT2D eigenvalue weighted by molar-refractivity contribution is 9.09. The van der Waals surface area contributed by atoms with Crippen LogP contribution in [0.3, 0.4) is 0 Å². The van der Waals surface area contributed by atoms with Crippen molar-refractivity contribution in [3.8, 4) is 5.75 Å². The molecule has 0 saturated carbocycles. The molecule has 0 aliphatic rings. The first kappa shape index (κ1) is 14.4. The number of hydrogen-bond acceptors (Lipinski definition) is 2. The lowest BCUT2D eigenvalue weighted by atomic mass is 9.97. The Hall–Kier alpha value is -0.700. The van der Waals surface area contributed by atoms with Crippen LogP contribution in [0.2, 0.25) is 0 Å². The van der Waals surface area contributed by atoms with Gasteiger partial charge in [0, 0.05) is 18.9 Å². The molecule has 0 amide bonds. The summed E-state index contributed by atoms with van der Waals surface area (Å²) in [4.78, 5) is 2.27. The number of halogens is 1. The van der Waals surface area contributed by atoms with Crippen LogP contribution >= 0.6 is 15.9 Å². The van der Waals surface area contributed by atoms with Gasteiger partial charge < -0.3 is 9.64 Å². The van der Waals surface area contributed by atoms with Crippen molar-refractivity contribution in [3.63, 3.8) is 0 Å². The normalized spacial score (nSPS) is 12.6. The third-order valence-corrected chi connectivity index (χ3v) is 3.98. The Morgan fingerprint density at radius 2 is 1.94 bits per heavy atom. The van der Waals surface area contributed by atoms with Crippen molar-refractivity contribution in [2.45, 2.75) is 13.8 Å². The molecular formula is C14H22BrNO. The Morgan fingerprint density at radius 1 is 1.29 bits per heavy atom. The largest absolute Gasteiger partial charge is 0.495 e. The molecule has 0 bridgehead atoms. The van der Waals surface area contributed by atoms with E-state index in [1.54, 1.807) is 7.11 Å². The summed E-state index contributed by atoms with van der Waals surface area (Å²) < 4.78 is 5.39. The number of para-hydroxylation sites is 2. The van der Waals surface area contributed by atoms with Gasteiger partial charge in [0.1, 0.15) is 5.75 Å². The molecule has 1 rings (SSSR count). The van der Waals surface area contributed by atoms with Crippen molar-refractivity contribution in [1.82, 2.24) is 0 Å². The third-order valence-electron chi connectivity index (χ3n) is 3.15. The van der Waals surface area contributed by atoms with Crippen molar-refractivity contribution >= 4 is 21.6 Å². The van der Waals surface area contributed by atoms with Gasteiger partial charge in [-0.1, -0.05) is 41.9 Å². The summed E-state index contributed by atoms with van der Waals surface area (Å²) in [5, 5.41) is 1.03. The number of ether oxygens (including phenoxy) is 1. The van der Waals surface area contributed by atoms with Gasteiger partial charge in [0.15, 0.2) is 0 Å². The Kier molecular flexibility index (Phi) is 5.83. The SMILES string of the molecule is COc1ccccc1N(C)CC(CBr)C(C)C. The second-order valence-corrected chi connectivity index (χ2v) is 5.36. The van der Waals surface area contributed by atoms with E-state index >= 15 is 0 Å². The van der Waals surface area contributed by atoms with Crippen LogP contribution in [0.1, 0.15) is 13.8 Å². The molecule has 0 N–H and O–H groups in total. The van der Waals surface area contributed by atoms with E-state index in [1.165, 1.54) is 0 Å².